The minimum atomic E-state index is -0.582. The van der Waals surface area contributed by atoms with E-state index in [1.807, 2.05) is 72.8 Å². The number of benzene rings is 3. The Balaban J connectivity index is 1.57. The van der Waals surface area contributed by atoms with Crippen molar-refractivity contribution in [3.63, 3.8) is 0 Å². The Labute approximate surface area is 229 Å². The normalized spacial score (nSPS) is 14.3. The predicted octanol–water partition coefficient (Wildman–Crippen LogP) is 6.58. The predicted molar refractivity (Wildman–Crippen MR) is 154 cm³/mol. The first-order valence-electron chi connectivity index (χ1n) is 13.0. The van der Waals surface area contributed by atoms with Crippen molar-refractivity contribution in [1.82, 2.24) is 10.2 Å². The van der Waals surface area contributed by atoms with Gasteiger partial charge in [-0.2, -0.15) is 0 Å². The van der Waals surface area contributed by atoms with Gasteiger partial charge in [0.05, 0.1) is 5.75 Å². The van der Waals surface area contributed by atoms with E-state index in [4.69, 9.17) is 11.6 Å². The van der Waals surface area contributed by atoms with Crippen LogP contribution < -0.4 is 5.32 Å². The summed E-state index contributed by atoms with van der Waals surface area (Å²) in [4.78, 5) is 29.3. The molecule has 194 valence electrons. The van der Waals surface area contributed by atoms with Crippen molar-refractivity contribution in [1.29, 1.82) is 0 Å². The van der Waals surface area contributed by atoms with E-state index in [9.17, 15) is 9.59 Å². The first-order valence-corrected chi connectivity index (χ1v) is 14.5. The number of nitrogens with zero attached hydrogens (tertiary/aromatic N) is 1. The van der Waals surface area contributed by atoms with E-state index in [1.54, 1.807) is 16.7 Å². The molecular formula is C31H35ClN2O2S. The van der Waals surface area contributed by atoms with Crippen molar-refractivity contribution < 1.29 is 9.59 Å². The lowest BCUT2D eigenvalue weighted by Gasteiger charge is -2.32. The summed E-state index contributed by atoms with van der Waals surface area (Å²) >= 11 is 7.69. The second-order valence-corrected chi connectivity index (χ2v) is 11.2. The molecule has 4 nitrogen and oxygen atoms in total. The van der Waals surface area contributed by atoms with Crippen molar-refractivity contribution >= 4 is 35.2 Å². The SMILES string of the molecule is Cc1ccccc1CN(C(=O)CSCc1cccc(Cl)c1)[C@@H](Cc1ccccc1)C(=O)NC1CCCC1. The molecule has 0 bridgehead atoms. The van der Waals surface area contributed by atoms with Crippen molar-refractivity contribution in [2.45, 2.75) is 63.4 Å². The molecule has 0 radical (unpaired) electrons. The number of hydrogen-bond donors (Lipinski definition) is 1. The second-order valence-electron chi connectivity index (χ2n) is 9.77. The second kappa shape index (κ2) is 13.7. The van der Waals surface area contributed by atoms with Gasteiger partial charge in [0.1, 0.15) is 6.04 Å². The van der Waals surface area contributed by atoms with Crippen LogP contribution in [0.3, 0.4) is 0 Å². The van der Waals surface area contributed by atoms with Gasteiger partial charge in [-0.15, -0.1) is 11.8 Å². The van der Waals surface area contributed by atoms with Crippen LogP contribution in [0.1, 0.15) is 47.9 Å². The topological polar surface area (TPSA) is 49.4 Å². The molecule has 4 rings (SSSR count). The van der Waals surface area contributed by atoms with Crippen LogP contribution in [0.5, 0.6) is 0 Å². The monoisotopic (exact) mass is 534 g/mol. The average Bonchev–Trinajstić information content (AvgIpc) is 3.41. The molecule has 0 aliphatic heterocycles. The minimum absolute atomic E-state index is 0.0298. The highest BCUT2D eigenvalue weighted by Crippen LogP contribution is 2.22. The van der Waals surface area contributed by atoms with Gasteiger partial charge >= 0.3 is 0 Å². The number of carbonyl (C=O) groups excluding carboxylic acids is 2. The van der Waals surface area contributed by atoms with Crippen LogP contribution in [0.25, 0.3) is 0 Å². The zero-order valence-corrected chi connectivity index (χ0v) is 22.9. The number of halogens is 1. The first-order chi connectivity index (χ1) is 18.0. The number of hydrogen-bond acceptors (Lipinski definition) is 3. The van der Waals surface area contributed by atoms with E-state index in [0.717, 1.165) is 47.9 Å². The zero-order valence-electron chi connectivity index (χ0n) is 21.4. The summed E-state index contributed by atoms with van der Waals surface area (Å²) in [5, 5.41) is 3.96. The molecule has 6 heteroatoms. The van der Waals surface area contributed by atoms with Crippen molar-refractivity contribution in [3.8, 4) is 0 Å². The molecule has 1 fully saturated rings. The minimum Gasteiger partial charge on any atom is -0.352 e. The molecule has 0 unspecified atom stereocenters. The molecule has 0 spiro atoms. The van der Waals surface area contributed by atoms with E-state index >= 15 is 0 Å². The highest BCUT2D eigenvalue weighted by molar-refractivity contribution is 7.99. The number of rotatable bonds is 11. The van der Waals surface area contributed by atoms with Gasteiger partial charge in [-0.1, -0.05) is 91.2 Å². The third kappa shape index (κ3) is 8.11. The fourth-order valence-electron chi connectivity index (χ4n) is 4.86. The van der Waals surface area contributed by atoms with E-state index in [2.05, 4.69) is 18.3 Å². The van der Waals surface area contributed by atoms with Gasteiger partial charge in [0, 0.05) is 29.8 Å². The lowest BCUT2D eigenvalue weighted by Crippen LogP contribution is -2.52. The van der Waals surface area contributed by atoms with Gasteiger partial charge in [0.2, 0.25) is 11.8 Å². The number of aryl methyl sites for hydroxylation is 1. The Kier molecular flexibility index (Phi) is 10.1. The number of thioether (sulfide) groups is 1. The highest BCUT2D eigenvalue weighted by atomic mass is 35.5. The Morgan fingerprint density at radius 1 is 0.973 bits per heavy atom. The summed E-state index contributed by atoms with van der Waals surface area (Å²) in [5.41, 5.74) is 4.29. The number of carbonyl (C=O) groups is 2. The van der Waals surface area contributed by atoms with Crippen LogP contribution in [0, 0.1) is 6.92 Å². The van der Waals surface area contributed by atoms with Crippen molar-refractivity contribution in [2.75, 3.05) is 5.75 Å². The summed E-state index contributed by atoms with van der Waals surface area (Å²) < 4.78 is 0. The lowest BCUT2D eigenvalue weighted by atomic mass is 10.0. The fourth-order valence-corrected chi connectivity index (χ4v) is 5.93. The lowest BCUT2D eigenvalue weighted by molar-refractivity contribution is -0.139. The highest BCUT2D eigenvalue weighted by Gasteiger charge is 2.32. The summed E-state index contributed by atoms with van der Waals surface area (Å²) in [6.07, 6.45) is 4.77. The summed E-state index contributed by atoms with van der Waals surface area (Å²) in [6.45, 7) is 2.45. The van der Waals surface area contributed by atoms with Gasteiger partial charge in [0.25, 0.3) is 0 Å². The molecule has 3 aromatic carbocycles. The summed E-state index contributed by atoms with van der Waals surface area (Å²) in [5.74, 6) is 0.887. The summed E-state index contributed by atoms with van der Waals surface area (Å²) in [7, 11) is 0. The fraction of sp³-hybridized carbons (Fsp3) is 0.355. The smallest absolute Gasteiger partial charge is 0.243 e. The maximum atomic E-state index is 13.8. The van der Waals surface area contributed by atoms with Crippen LogP contribution >= 0.6 is 23.4 Å². The molecule has 2 amide bonds. The molecule has 3 aromatic rings. The molecule has 1 saturated carbocycles. The molecule has 1 N–H and O–H groups in total. The quantitative estimate of drug-likeness (QED) is 0.302. The van der Waals surface area contributed by atoms with E-state index in [1.165, 1.54) is 0 Å². The summed E-state index contributed by atoms with van der Waals surface area (Å²) in [6, 6.07) is 25.4. The maximum Gasteiger partial charge on any atom is 0.243 e. The molecule has 1 aliphatic carbocycles. The van der Waals surface area contributed by atoms with E-state index in [-0.39, 0.29) is 17.9 Å². The van der Waals surface area contributed by atoms with Crippen LogP contribution in [0.2, 0.25) is 5.02 Å². The van der Waals surface area contributed by atoms with Crippen LogP contribution in [-0.2, 0) is 28.3 Å². The van der Waals surface area contributed by atoms with Crippen LogP contribution in [0.4, 0.5) is 0 Å². The molecule has 1 aliphatic rings. The first kappa shape index (κ1) is 27.3. The molecule has 0 aromatic heterocycles. The molecule has 1 atom stereocenters. The average molecular weight is 535 g/mol. The number of amides is 2. The molecule has 0 heterocycles. The standard InChI is InChI=1S/C31H35ClN2O2S/c1-23-10-5-6-14-26(23)20-34(30(35)22-37-21-25-13-9-15-27(32)18-25)29(19-24-11-3-2-4-12-24)31(36)33-28-16-7-8-17-28/h2-6,9-15,18,28-29H,7-8,16-17,19-22H2,1H3,(H,33,36)/t29-/m0/s1. The van der Waals surface area contributed by atoms with Gasteiger partial charge in [-0.3, -0.25) is 9.59 Å². The molecule has 37 heavy (non-hydrogen) atoms. The van der Waals surface area contributed by atoms with E-state index < -0.39 is 6.04 Å². The van der Waals surface area contributed by atoms with Crippen LogP contribution in [-0.4, -0.2) is 34.6 Å². The van der Waals surface area contributed by atoms with Gasteiger partial charge in [0.15, 0.2) is 0 Å². The van der Waals surface area contributed by atoms with Gasteiger partial charge in [-0.25, -0.2) is 0 Å². The van der Waals surface area contributed by atoms with Crippen LogP contribution in [0.15, 0.2) is 78.9 Å². The van der Waals surface area contributed by atoms with Gasteiger partial charge in [-0.05, 0) is 54.2 Å². The molecular weight excluding hydrogens is 500 g/mol. The zero-order chi connectivity index (χ0) is 26.0. The Morgan fingerprint density at radius 2 is 1.68 bits per heavy atom. The number of nitrogens with one attached hydrogen (secondary N) is 1. The van der Waals surface area contributed by atoms with Crippen molar-refractivity contribution in [2.24, 2.45) is 0 Å². The third-order valence-electron chi connectivity index (χ3n) is 6.96. The van der Waals surface area contributed by atoms with Gasteiger partial charge < -0.3 is 10.2 Å². The Hall–Kier alpha value is -2.76. The maximum absolute atomic E-state index is 13.8. The Bertz CT molecular complexity index is 1180. The van der Waals surface area contributed by atoms with E-state index in [0.29, 0.717) is 29.5 Å². The molecule has 0 saturated heterocycles. The van der Waals surface area contributed by atoms with Crippen molar-refractivity contribution in [3.05, 3.63) is 106 Å². The largest absolute Gasteiger partial charge is 0.352 e. The Morgan fingerprint density at radius 3 is 2.41 bits per heavy atom. The third-order valence-corrected chi connectivity index (χ3v) is 8.18.